The highest BCUT2D eigenvalue weighted by Crippen LogP contribution is 2.21. The maximum absolute atomic E-state index is 11.0. The average molecular weight is 302 g/mol. The van der Waals surface area contributed by atoms with Gasteiger partial charge in [-0.15, -0.1) is 0 Å². The molecule has 1 fully saturated rings. The number of rotatable bonds is 3. The fourth-order valence-electron chi connectivity index (χ4n) is 2.68. The molecule has 0 bridgehead atoms. The summed E-state index contributed by atoms with van der Waals surface area (Å²) in [5, 5.41) is 13.2. The van der Waals surface area contributed by atoms with Crippen molar-refractivity contribution in [2.24, 2.45) is 0 Å². The van der Waals surface area contributed by atoms with Crippen LogP contribution in [0.25, 0.3) is 5.82 Å². The third-order valence-corrected chi connectivity index (χ3v) is 4.02. The molecule has 0 unspecified atom stereocenters. The minimum atomic E-state index is -0.874. The number of carbonyl (C=O) groups is 1. The minimum absolute atomic E-state index is 0.0705. The quantitative estimate of drug-likeness (QED) is 0.918. The van der Waals surface area contributed by atoms with Crippen LogP contribution in [0.1, 0.15) is 12.8 Å². The Morgan fingerprint density at radius 2 is 2.05 bits per heavy atom. The number of piperidine rings is 1. The lowest BCUT2D eigenvalue weighted by atomic mass is 10.0. The lowest BCUT2D eigenvalue weighted by Crippen LogP contribution is -2.45. The Kier molecular flexibility index (Phi) is 3.90. The van der Waals surface area contributed by atoms with Gasteiger partial charge in [-0.1, -0.05) is 0 Å². The van der Waals surface area contributed by atoms with E-state index in [0.717, 1.165) is 37.6 Å². The summed E-state index contributed by atoms with van der Waals surface area (Å²) in [5.74, 6) is 1.57. The van der Waals surface area contributed by atoms with Crippen LogP contribution in [0, 0.1) is 0 Å². The normalized spacial score (nSPS) is 15.8. The van der Waals surface area contributed by atoms with E-state index in [1.54, 1.807) is 17.9 Å². The number of hydrogen-bond donors (Lipinski definition) is 1. The molecule has 8 nitrogen and oxygen atoms in total. The summed E-state index contributed by atoms with van der Waals surface area (Å²) in [4.78, 5) is 23.1. The van der Waals surface area contributed by atoms with E-state index in [1.807, 2.05) is 18.3 Å². The fourth-order valence-corrected chi connectivity index (χ4v) is 2.68. The highest BCUT2D eigenvalue weighted by atomic mass is 16.4. The third-order valence-electron chi connectivity index (χ3n) is 4.02. The largest absolute Gasteiger partial charge is 0.465 e. The number of nitrogens with zero attached hydrogens (tertiary/aromatic N) is 6. The van der Waals surface area contributed by atoms with E-state index in [9.17, 15) is 4.79 Å². The van der Waals surface area contributed by atoms with Crippen molar-refractivity contribution >= 4 is 11.9 Å². The lowest BCUT2D eigenvalue weighted by molar-refractivity contribution is 0.131. The first-order chi connectivity index (χ1) is 10.6. The molecule has 116 valence electrons. The van der Waals surface area contributed by atoms with Gasteiger partial charge < -0.3 is 14.9 Å². The zero-order valence-corrected chi connectivity index (χ0v) is 12.3. The molecule has 0 saturated carbocycles. The van der Waals surface area contributed by atoms with E-state index in [1.165, 1.54) is 11.2 Å². The SMILES string of the molecule is CN(C(=O)O)C1CCN(c2cc(-n3cccn3)ncn2)CC1. The number of carboxylic acid groups (broad SMARTS) is 1. The lowest BCUT2D eigenvalue weighted by Gasteiger charge is -2.36. The predicted octanol–water partition coefficient (Wildman–Crippen LogP) is 1.24. The molecule has 2 aromatic rings. The molecule has 2 aromatic heterocycles. The van der Waals surface area contributed by atoms with Crippen molar-refractivity contribution in [2.75, 3.05) is 25.0 Å². The van der Waals surface area contributed by atoms with Crippen molar-refractivity contribution < 1.29 is 9.90 Å². The standard InChI is InChI=1S/C14H18N6O2/c1-18(14(21)22)11-3-7-19(8-4-11)12-9-13(16-10-15-12)20-6-2-5-17-20/h2,5-6,9-11H,3-4,7-8H2,1H3,(H,21,22). The van der Waals surface area contributed by atoms with Crippen LogP contribution in [0.2, 0.25) is 0 Å². The number of amides is 1. The first kappa shape index (κ1) is 14.3. The molecule has 0 aliphatic carbocycles. The van der Waals surface area contributed by atoms with E-state index in [2.05, 4.69) is 20.0 Å². The molecule has 3 heterocycles. The van der Waals surface area contributed by atoms with Gasteiger partial charge in [-0.2, -0.15) is 5.10 Å². The topological polar surface area (TPSA) is 87.4 Å². The van der Waals surface area contributed by atoms with Gasteiger partial charge in [0.2, 0.25) is 0 Å². The first-order valence-corrected chi connectivity index (χ1v) is 7.18. The second-order valence-electron chi connectivity index (χ2n) is 5.30. The maximum Gasteiger partial charge on any atom is 0.407 e. The summed E-state index contributed by atoms with van der Waals surface area (Å²) >= 11 is 0. The zero-order valence-electron chi connectivity index (χ0n) is 12.3. The van der Waals surface area contributed by atoms with Gasteiger partial charge >= 0.3 is 6.09 Å². The number of aromatic nitrogens is 4. The zero-order chi connectivity index (χ0) is 15.5. The molecule has 8 heteroatoms. The molecule has 1 aliphatic rings. The molecule has 22 heavy (non-hydrogen) atoms. The summed E-state index contributed by atoms with van der Waals surface area (Å²) in [6.07, 6.45) is 5.78. The monoisotopic (exact) mass is 302 g/mol. The van der Waals surface area contributed by atoms with Crippen LogP contribution in [0.4, 0.5) is 10.6 Å². The Morgan fingerprint density at radius 1 is 1.32 bits per heavy atom. The van der Waals surface area contributed by atoms with Gasteiger partial charge in [0.05, 0.1) is 0 Å². The molecule has 1 saturated heterocycles. The van der Waals surface area contributed by atoms with Gasteiger partial charge in [-0.05, 0) is 18.9 Å². The van der Waals surface area contributed by atoms with Gasteiger partial charge in [-0.3, -0.25) is 0 Å². The van der Waals surface area contributed by atoms with Crippen LogP contribution >= 0.6 is 0 Å². The summed E-state index contributed by atoms with van der Waals surface area (Å²) in [5.41, 5.74) is 0. The Hall–Kier alpha value is -2.64. The van der Waals surface area contributed by atoms with Gasteiger partial charge in [0.25, 0.3) is 0 Å². The summed E-state index contributed by atoms with van der Waals surface area (Å²) in [6.45, 7) is 1.55. The molecule has 0 radical (unpaired) electrons. The van der Waals surface area contributed by atoms with Crippen LogP contribution in [0.15, 0.2) is 30.9 Å². The Bertz CT molecular complexity index is 637. The first-order valence-electron chi connectivity index (χ1n) is 7.18. The number of anilines is 1. The van der Waals surface area contributed by atoms with Gasteiger partial charge in [0.1, 0.15) is 12.1 Å². The third kappa shape index (κ3) is 2.85. The predicted molar refractivity (Wildman–Crippen MR) is 80.2 cm³/mol. The van der Waals surface area contributed by atoms with Crippen molar-refractivity contribution in [2.45, 2.75) is 18.9 Å². The Morgan fingerprint density at radius 3 is 2.68 bits per heavy atom. The molecular formula is C14H18N6O2. The Balaban J connectivity index is 1.69. The molecule has 1 aliphatic heterocycles. The van der Waals surface area contributed by atoms with Crippen molar-refractivity contribution in [1.82, 2.24) is 24.6 Å². The fraction of sp³-hybridized carbons (Fsp3) is 0.429. The van der Waals surface area contributed by atoms with Crippen molar-refractivity contribution in [3.05, 3.63) is 30.9 Å². The molecule has 0 spiro atoms. The second kappa shape index (κ2) is 6.00. The minimum Gasteiger partial charge on any atom is -0.465 e. The summed E-state index contributed by atoms with van der Waals surface area (Å²) in [7, 11) is 1.63. The van der Waals surface area contributed by atoms with E-state index in [-0.39, 0.29) is 6.04 Å². The van der Waals surface area contributed by atoms with Crippen LogP contribution < -0.4 is 4.90 Å². The van der Waals surface area contributed by atoms with E-state index in [0.29, 0.717) is 0 Å². The van der Waals surface area contributed by atoms with E-state index >= 15 is 0 Å². The van der Waals surface area contributed by atoms with Crippen LogP contribution in [0.5, 0.6) is 0 Å². The molecule has 0 atom stereocenters. The van der Waals surface area contributed by atoms with Crippen LogP contribution in [-0.2, 0) is 0 Å². The highest BCUT2D eigenvalue weighted by molar-refractivity contribution is 5.65. The molecular weight excluding hydrogens is 284 g/mol. The van der Waals surface area contributed by atoms with Crippen molar-refractivity contribution in [1.29, 1.82) is 0 Å². The van der Waals surface area contributed by atoms with Crippen LogP contribution in [-0.4, -0.2) is 62.0 Å². The average Bonchev–Trinajstić information content (AvgIpc) is 3.09. The van der Waals surface area contributed by atoms with Crippen molar-refractivity contribution in [3.63, 3.8) is 0 Å². The maximum atomic E-state index is 11.0. The second-order valence-corrected chi connectivity index (χ2v) is 5.30. The van der Waals surface area contributed by atoms with Gasteiger partial charge in [0, 0.05) is 44.6 Å². The molecule has 3 rings (SSSR count). The highest BCUT2D eigenvalue weighted by Gasteiger charge is 2.25. The van der Waals surface area contributed by atoms with Crippen LogP contribution in [0.3, 0.4) is 0 Å². The van der Waals surface area contributed by atoms with E-state index < -0.39 is 6.09 Å². The summed E-state index contributed by atoms with van der Waals surface area (Å²) < 4.78 is 1.69. The molecule has 1 N–H and O–H groups in total. The smallest absolute Gasteiger partial charge is 0.407 e. The van der Waals surface area contributed by atoms with Gasteiger partial charge in [0.15, 0.2) is 5.82 Å². The summed E-state index contributed by atoms with van der Waals surface area (Å²) in [6, 6.07) is 3.81. The Labute approximate surface area is 128 Å². The van der Waals surface area contributed by atoms with Gasteiger partial charge in [-0.25, -0.2) is 19.4 Å². The number of hydrogen-bond acceptors (Lipinski definition) is 5. The molecule has 1 amide bonds. The molecule has 0 aromatic carbocycles. The van der Waals surface area contributed by atoms with E-state index in [4.69, 9.17) is 5.11 Å². The van der Waals surface area contributed by atoms with Crippen molar-refractivity contribution in [3.8, 4) is 5.82 Å².